The Balaban J connectivity index is 3.31. The zero-order valence-corrected chi connectivity index (χ0v) is 10.4. The van der Waals surface area contributed by atoms with Gasteiger partial charge in [-0.05, 0) is 12.1 Å². The Morgan fingerprint density at radius 3 is 2.28 bits per heavy atom. The predicted octanol–water partition coefficient (Wildman–Crippen LogP) is 3.56. The van der Waals surface area contributed by atoms with Crippen molar-refractivity contribution < 1.29 is 22.7 Å². The zero-order chi connectivity index (χ0) is 14.1. The summed E-state index contributed by atoms with van der Waals surface area (Å²) < 4.78 is 49.3. The number of hydrogen-bond acceptors (Lipinski definition) is 3. The molecule has 0 bridgehead atoms. The number of halogens is 3. The van der Waals surface area contributed by atoms with Crippen LogP contribution < -0.4 is 5.09 Å². The summed E-state index contributed by atoms with van der Waals surface area (Å²) in [6.07, 6.45) is -4.84. The molecule has 0 aliphatic rings. The summed E-state index contributed by atoms with van der Waals surface area (Å²) in [7, 11) is -2.79. The maximum Gasteiger partial charge on any atom is 0.423 e. The van der Waals surface area contributed by atoms with Crippen molar-refractivity contribution in [3.63, 3.8) is 0 Å². The van der Waals surface area contributed by atoms with Gasteiger partial charge in [0.15, 0.2) is 7.29 Å². The van der Waals surface area contributed by atoms with E-state index in [0.29, 0.717) is 6.07 Å². The first kappa shape index (κ1) is 14.5. The van der Waals surface area contributed by atoms with E-state index in [1.54, 1.807) is 0 Å². The van der Waals surface area contributed by atoms with Crippen LogP contribution in [0, 0.1) is 10.1 Å². The highest BCUT2D eigenvalue weighted by Crippen LogP contribution is 2.41. The first-order chi connectivity index (χ1) is 8.00. The molecule has 0 radical (unpaired) electrons. The fourth-order valence-electron chi connectivity index (χ4n) is 1.30. The van der Waals surface area contributed by atoms with E-state index in [9.17, 15) is 27.9 Å². The van der Waals surface area contributed by atoms with Crippen molar-refractivity contribution in [1.29, 1.82) is 0 Å². The molecule has 0 atom stereocenters. The first-order valence-corrected chi connectivity index (χ1v) is 7.30. The molecular weight excluding hydrogens is 272 g/mol. The van der Waals surface area contributed by atoms with Crippen molar-refractivity contribution in [2.24, 2.45) is 0 Å². The van der Waals surface area contributed by atoms with Gasteiger partial charge in [0.2, 0.25) is 0 Å². The molecule has 0 unspecified atom stereocenters. The molecule has 1 N–H and O–H groups in total. The van der Waals surface area contributed by atoms with E-state index in [1.807, 2.05) is 0 Å². The van der Waals surface area contributed by atoms with Crippen molar-refractivity contribution in [3.05, 3.63) is 33.9 Å². The molecule has 0 amide bonds. The van der Waals surface area contributed by atoms with Crippen molar-refractivity contribution in [2.45, 2.75) is 6.18 Å². The Morgan fingerprint density at radius 2 is 1.89 bits per heavy atom. The lowest BCUT2D eigenvalue weighted by atomic mass is 10.1. The van der Waals surface area contributed by atoms with Crippen LogP contribution in [0.5, 0.6) is 0 Å². The van der Waals surface area contributed by atoms with E-state index < -0.39 is 29.6 Å². The number of rotatable bonds is 3. The summed E-state index contributed by atoms with van der Waals surface area (Å²) in [6, 6.07) is 2.41. The van der Waals surface area contributed by atoms with Crippen molar-refractivity contribution in [1.82, 2.24) is 0 Å². The van der Waals surface area contributed by atoms with Gasteiger partial charge < -0.3 is 9.65 Å². The highest BCUT2D eigenvalue weighted by atomic mass is 31.2. The molecule has 0 saturated carbocycles. The minimum absolute atomic E-state index is 0.0683. The van der Waals surface area contributed by atoms with Gasteiger partial charge in [0.05, 0.1) is 4.92 Å². The van der Waals surface area contributed by atoms with Crippen LogP contribution in [0.1, 0.15) is 5.56 Å². The summed E-state index contributed by atoms with van der Waals surface area (Å²) >= 11 is 0. The molecule has 1 rings (SSSR count). The lowest BCUT2D eigenvalue weighted by Gasteiger charge is -2.13. The van der Waals surface area contributed by atoms with Gasteiger partial charge in [-0.1, -0.05) is 0 Å². The summed E-state index contributed by atoms with van der Waals surface area (Å²) in [5.41, 5.74) is -2.47. The summed E-state index contributed by atoms with van der Waals surface area (Å²) in [4.78, 5) is 9.39. The Kier molecular flexibility index (Phi) is 3.71. The summed E-state index contributed by atoms with van der Waals surface area (Å²) in [5.74, 6) is 0. The van der Waals surface area contributed by atoms with Crippen LogP contribution in [-0.4, -0.2) is 18.3 Å². The standard InChI is InChI=1S/C9H10F3N2O3P/c1-18(2,17)13-6-3-4-8(14(15)16)7(5-6)9(10,11)12/h3-5H,1-2H3,(H,13,17). The van der Waals surface area contributed by atoms with Gasteiger partial charge in [0, 0.05) is 25.1 Å². The van der Waals surface area contributed by atoms with E-state index in [0.717, 1.165) is 12.1 Å². The largest absolute Gasteiger partial charge is 0.423 e. The van der Waals surface area contributed by atoms with Gasteiger partial charge >= 0.3 is 6.18 Å². The van der Waals surface area contributed by atoms with E-state index in [4.69, 9.17) is 0 Å². The monoisotopic (exact) mass is 282 g/mol. The normalized spacial score (nSPS) is 12.3. The van der Waals surface area contributed by atoms with Gasteiger partial charge in [-0.3, -0.25) is 10.1 Å². The molecule has 0 spiro atoms. The zero-order valence-electron chi connectivity index (χ0n) is 9.49. The topological polar surface area (TPSA) is 72.2 Å². The maximum absolute atomic E-state index is 12.6. The average molecular weight is 282 g/mol. The highest BCUT2D eigenvalue weighted by molar-refractivity contribution is 7.63. The van der Waals surface area contributed by atoms with E-state index >= 15 is 0 Å². The fraction of sp³-hybridized carbons (Fsp3) is 0.333. The van der Waals surface area contributed by atoms with Crippen molar-refractivity contribution >= 4 is 18.7 Å². The number of alkyl halides is 3. The average Bonchev–Trinajstić information content (AvgIpc) is 2.13. The van der Waals surface area contributed by atoms with E-state index in [2.05, 4.69) is 5.09 Å². The van der Waals surface area contributed by atoms with Crippen LogP contribution in [-0.2, 0) is 10.7 Å². The molecule has 5 nitrogen and oxygen atoms in total. The minimum Gasteiger partial charge on any atom is -0.337 e. The third-order valence-electron chi connectivity index (χ3n) is 1.90. The van der Waals surface area contributed by atoms with Crippen LogP contribution >= 0.6 is 7.29 Å². The Bertz CT molecular complexity index is 524. The number of nitrogens with one attached hydrogen (secondary N) is 1. The van der Waals surface area contributed by atoms with Crippen molar-refractivity contribution in [3.8, 4) is 0 Å². The molecular formula is C9H10F3N2O3P. The van der Waals surface area contributed by atoms with Crippen molar-refractivity contribution in [2.75, 3.05) is 18.4 Å². The Labute approximate surface area is 101 Å². The predicted molar refractivity (Wildman–Crippen MR) is 61.2 cm³/mol. The number of hydrogen-bond donors (Lipinski definition) is 1. The van der Waals surface area contributed by atoms with Crippen LogP contribution in [0.4, 0.5) is 24.5 Å². The summed E-state index contributed by atoms with van der Waals surface area (Å²) in [5, 5.41) is 12.9. The van der Waals surface area contributed by atoms with E-state index in [-0.39, 0.29) is 5.69 Å². The molecule has 0 heterocycles. The lowest BCUT2D eigenvalue weighted by molar-refractivity contribution is -0.388. The second-order valence-corrected chi connectivity index (χ2v) is 6.87. The van der Waals surface area contributed by atoms with Gasteiger partial charge in [0.1, 0.15) is 5.56 Å². The summed E-state index contributed by atoms with van der Waals surface area (Å²) in [6.45, 7) is 2.67. The van der Waals surface area contributed by atoms with Gasteiger partial charge in [-0.15, -0.1) is 0 Å². The number of benzene rings is 1. The van der Waals surface area contributed by atoms with Gasteiger partial charge in [-0.2, -0.15) is 13.2 Å². The third-order valence-corrected chi connectivity index (χ3v) is 2.69. The van der Waals surface area contributed by atoms with Crippen LogP contribution in [0.3, 0.4) is 0 Å². The molecule has 0 fully saturated rings. The fourth-order valence-corrected chi connectivity index (χ4v) is 2.06. The highest BCUT2D eigenvalue weighted by Gasteiger charge is 2.38. The quantitative estimate of drug-likeness (QED) is 0.522. The third kappa shape index (κ3) is 3.73. The second-order valence-electron chi connectivity index (χ2n) is 3.95. The number of nitro groups is 1. The Hall–Kier alpha value is -1.56. The second kappa shape index (κ2) is 4.61. The van der Waals surface area contributed by atoms with Crippen LogP contribution in [0.2, 0.25) is 0 Å². The number of nitro benzene ring substituents is 1. The first-order valence-electron chi connectivity index (χ1n) is 4.69. The molecule has 0 saturated heterocycles. The molecule has 0 aliphatic carbocycles. The SMILES string of the molecule is CP(C)(=O)Nc1ccc([N+](=O)[O-])c(C(F)(F)F)c1. The molecule has 18 heavy (non-hydrogen) atoms. The molecule has 100 valence electrons. The molecule has 9 heteroatoms. The molecule has 0 aromatic heterocycles. The van der Waals surface area contributed by atoms with E-state index in [1.165, 1.54) is 13.3 Å². The minimum atomic E-state index is -4.84. The van der Waals surface area contributed by atoms with Gasteiger partial charge in [0.25, 0.3) is 5.69 Å². The molecule has 1 aromatic rings. The molecule has 1 aromatic carbocycles. The number of anilines is 1. The lowest BCUT2D eigenvalue weighted by Crippen LogP contribution is -2.09. The maximum atomic E-state index is 12.6. The Morgan fingerprint density at radius 1 is 1.33 bits per heavy atom. The van der Waals surface area contributed by atoms with Crippen LogP contribution in [0.25, 0.3) is 0 Å². The smallest absolute Gasteiger partial charge is 0.337 e. The molecule has 0 aliphatic heterocycles. The van der Waals surface area contributed by atoms with Crippen LogP contribution in [0.15, 0.2) is 18.2 Å². The van der Waals surface area contributed by atoms with Gasteiger partial charge in [-0.25, -0.2) is 0 Å². The number of nitrogens with zero attached hydrogens (tertiary/aromatic N) is 1.